The van der Waals surface area contributed by atoms with Gasteiger partial charge in [0.05, 0.1) is 6.04 Å². The smallest absolute Gasteiger partial charge is 0.271 e. The van der Waals surface area contributed by atoms with Gasteiger partial charge in [-0.15, -0.1) is 0 Å². The van der Waals surface area contributed by atoms with Gasteiger partial charge in [0.1, 0.15) is 5.69 Å². The molecule has 2 aliphatic heterocycles. The molecule has 2 aromatic rings. The maximum atomic E-state index is 12.7. The Balaban J connectivity index is 1.57. The van der Waals surface area contributed by atoms with Crippen molar-refractivity contribution in [3.05, 3.63) is 52.2 Å². The zero-order valence-electron chi connectivity index (χ0n) is 16.7. The summed E-state index contributed by atoms with van der Waals surface area (Å²) in [5, 5.41) is 7.31. The number of fused-ring (bicyclic) bond motifs is 4. The molecule has 0 saturated carbocycles. The summed E-state index contributed by atoms with van der Waals surface area (Å²) in [6.07, 6.45) is 4.01. The predicted octanol–water partition coefficient (Wildman–Crippen LogP) is 1.86. The lowest BCUT2D eigenvalue weighted by Gasteiger charge is -2.47. The van der Waals surface area contributed by atoms with Crippen molar-refractivity contribution in [3.8, 4) is 0 Å². The summed E-state index contributed by atoms with van der Waals surface area (Å²) >= 11 is 0. The topological polar surface area (TPSA) is 72.2 Å². The van der Waals surface area contributed by atoms with Gasteiger partial charge in [-0.2, -0.15) is 5.10 Å². The highest BCUT2D eigenvalue weighted by molar-refractivity contribution is 5.92. The second-order valence-corrected chi connectivity index (χ2v) is 7.95. The van der Waals surface area contributed by atoms with Gasteiger partial charge in [-0.05, 0) is 44.4 Å². The van der Waals surface area contributed by atoms with Gasteiger partial charge in [0.2, 0.25) is 0 Å². The maximum absolute atomic E-state index is 12.7. The number of amides is 1. The van der Waals surface area contributed by atoms with Gasteiger partial charge in [-0.25, -0.2) is 0 Å². The van der Waals surface area contributed by atoms with Crippen molar-refractivity contribution in [2.45, 2.75) is 45.2 Å². The number of aromatic nitrogens is 3. The van der Waals surface area contributed by atoms with Crippen LogP contribution in [0.25, 0.3) is 0 Å². The van der Waals surface area contributed by atoms with Gasteiger partial charge in [0, 0.05) is 50.1 Å². The van der Waals surface area contributed by atoms with E-state index in [-0.39, 0.29) is 17.5 Å². The van der Waals surface area contributed by atoms with Crippen molar-refractivity contribution in [1.82, 2.24) is 24.6 Å². The Labute approximate surface area is 165 Å². The lowest BCUT2D eigenvalue weighted by Crippen LogP contribution is -2.52. The number of pyridine rings is 1. The monoisotopic (exact) mass is 383 g/mol. The first kappa shape index (κ1) is 18.9. The van der Waals surface area contributed by atoms with Crippen LogP contribution in [0.3, 0.4) is 0 Å². The van der Waals surface area contributed by atoms with Gasteiger partial charge < -0.3 is 14.8 Å². The van der Waals surface area contributed by atoms with E-state index >= 15 is 0 Å². The van der Waals surface area contributed by atoms with Crippen LogP contribution >= 0.6 is 0 Å². The molecular weight excluding hydrogens is 354 g/mol. The van der Waals surface area contributed by atoms with E-state index in [9.17, 15) is 9.59 Å². The molecule has 2 aromatic heterocycles. The first-order chi connectivity index (χ1) is 13.6. The van der Waals surface area contributed by atoms with Crippen molar-refractivity contribution >= 4 is 5.91 Å². The number of carbonyl (C=O) groups is 1. The van der Waals surface area contributed by atoms with Gasteiger partial charge in [0.15, 0.2) is 0 Å². The fourth-order valence-corrected chi connectivity index (χ4v) is 4.84. The number of aryl methyl sites for hydroxylation is 1. The molecule has 1 saturated heterocycles. The molecule has 0 unspecified atom stereocenters. The molecule has 2 aliphatic rings. The van der Waals surface area contributed by atoms with Gasteiger partial charge in [-0.3, -0.25) is 14.3 Å². The first-order valence-electron chi connectivity index (χ1n) is 10.4. The number of rotatable bonds is 6. The fourth-order valence-electron chi connectivity index (χ4n) is 4.84. The van der Waals surface area contributed by atoms with Crippen molar-refractivity contribution in [2.24, 2.45) is 5.92 Å². The van der Waals surface area contributed by atoms with E-state index in [0.29, 0.717) is 24.1 Å². The van der Waals surface area contributed by atoms with E-state index < -0.39 is 0 Å². The van der Waals surface area contributed by atoms with Crippen LogP contribution in [0, 0.1) is 5.92 Å². The SMILES string of the molecule is CCCN1C[C@H]2C[C@@H](C1)[C@H](CNC(=O)c1ccn(CC)n1)n1c2cccc1=O. The third-order valence-electron chi connectivity index (χ3n) is 6.08. The average Bonchev–Trinajstić information content (AvgIpc) is 3.18. The Morgan fingerprint density at radius 3 is 2.86 bits per heavy atom. The number of carbonyl (C=O) groups excluding carboxylic acids is 1. The molecule has 1 amide bonds. The van der Waals surface area contributed by atoms with Crippen molar-refractivity contribution in [2.75, 3.05) is 26.2 Å². The predicted molar refractivity (Wildman–Crippen MR) is 108 cm³/mol. The molecule has 4 heterocycles. The molecule has 2 bridgehead atoms. The molecule has 4 rings (SSSR count). The third-order valence-corrected chi connectivity index (χ3v) is 6.08. The summed E-state index contributed by atoms with van der Waals surface area (Å²) < 4.78 is 3.68. The second kappa shape index (κ2) is 7.91. The summed E-state index contributed by atoms with van der Waals surface area (Å²) in [5.41, 5.74) is 1.57. The molecule has 0 aliphatic carbocycles. The maximum Gasteiger partial charge on any atom is 0.271 e. The highest BCUT2D eigenvalue weighted by Crippen LogP contribution is 2.40. The minimum atomic E-state index is -0.180. The third kappa shape index (κ3) is 3.51. The molecule has 1 fully saturated rings. The van der Waals surface area contributed by atoms with E-state index in [0.717, 1.165) is 44.7 Å². The van der Waals surface area contributed by atoms with E-state index in [1.807, 2.05) is 23.8 Å². The summed E-state index contributed by atoms with van der Waals surface area (Å²) in [4.78, 5) is 27.8. The molecule has 28 heavy (non-hydrogen) atoms. The van der Waals surface area contributed by atoms with Gasteiger partial charge in [0.25, 0.3) is 11.5 Å². The molecule has 150 valence electrons. The fraction of sp³-hybridized carbons (Fsp3) is 0.571. The Hall–Kier alpha value is -2.41. The van der Waals surface area contributed by atoms with Crippen LogP contribution < -0.4 is 10.9 Å². The van der Waals surface area contributed by atoms with Crippen LogP contribution in [0.15, 0.2) is 35.3 Å². The Bertz CT molecular complexity index is 902. The zero-order valence-corrected chi connectivity index (χ0v) is 16.7. The molecule has 7 heteroatoms. The summed E-state index contributed by atoms with van der Waals surface area (Å²) in [7, 11) is 0. The molecule has 7 nitrogen and oxygen atoms in total. The summed E-state index contributed by atoms with van der Waals surface area (Å²) in [5.74, 6) is 0.582. The second-order valence-electron chi connectivity index (χ2n) is 7.95. The first-order valence-corrected chi connectivity index (χ1v) is 10.4. The highest BCUT2D eigenvalue weighted by atomic mass is 16.2. The zero-order chi connectivity index (χ0) is 19.7. The molecule has 0 aromatic carbocycles. The molecular formula is C21H29N5O2. The summed E-state index contributed by atoms with van der Waals surface area (Å²) in [6.45, 7) is 8.45. The normalized spacial score (nSPS) is 24.0. The van der Waals surface area contributed by atoms with Gasteiger partial charge >= 0.3 is 0 Å². The van der Waals surface area contributed by atoms with Gasteiger partial charge in [-0.1, -0.05) is 13.0 Å². The van der Waals surface area contributed by atoms with E-state index in [1.54, 1.807) is 16.8 Å². The molecule has 0 spiro atoms. The molecule has 1 N–H and O–H groups in total. The van der Waals surface area contributed by atoms with Crippen molar-refractivity contribution < 1.29 is 4.79 Å². The molecule has 3 atom stereocenters. The lowest BCUT2D eigenvalue weighted by atomic mass is 9.78. The van der Waals surface area contributed by atoms with E-state index in [4.69, 9.17) is 0 Å². The minimum absolute atomic E-state index is 0.0168. The number of piperidine rings is 1. The number of hydrogen-bond donors (Lipinski definition) is 1. The quantitative estimate of drug-likeness (QED) is 0.827. The Kier molecular flexibility index (Phi) is 5.35. The molecule has 0 radical (unpaired) electrons. The standard InChI is InChI=1S/C21H29N5O2/c1-3-9-24-13-15-11-16(14-24)19(26-18(15)6-5-7-20(26)27)12-22-21(28)17-8-10-25(4-2)23-17/h5-8,10,15-16,19H,3-4,9,11-14H2,1-2H3,(H,22,28)/t15-,16+,19+/m1/s1. The minimum Gasteiger partial charge on any atom is -0.349 e. The van der Waals surface area contributed by atoms with Crippen molar-refractivity contribution in [1.29, 1.82) is 0 Å². The number of hydrogen-bond acceptors (Lipinski definition) is 4. The number of nitrogens with one attached hydrogen (secondary N) is 1. The van der Waals surface area contributed by atoms with Crippen molar-refractivity contribution in [3.63, 3.8) is 0 Å². The number of nitrogens with zero attached hydrogens (tertiary/aromatic N) is 4. The Morgan fingerprint density at radius 2 is 2.11 bits per heavy atom. The van der Waals surface area contributed by atoms with Crippen LogP contribution in [-0.2, 0) is 6.54 Å². The van der Waals surface area contributed by atoms with Crippen LogP contribution in [0.1, 0.15) is 54.8 Å². The average molecular weight is 383 g/mol. The lowest BCUT2D eigenvalue weighted by molar-refractivity contribution is 0.0817. The summed E-state index contributed by atoms with van der Waals surface area (Å²) in [6, 6.07) is 7.29. The van der Waals surface area contributed by atoms with Crippen LogP contribution in [0.5, 0.6) is 0 Å². The van der Waals surface area contributed by atoms with Crippen LogP contribution in [0.4, 0.5) is 0 Å². The highest BCUT2D eigenvalue weighted by Gasteiger charge is 2.40. The van der Waals surface area contributed by atoms with E-state index in [1.165, 1.54) is 0 Å². The Morgan fingerprint density at radius 1 is 1.25 bits per heavy atom. The largest absolute Gasteiger partial charge is 0.349 e. The van der Waals surface area contributed by atoms with Crippen LogP contribution in [0.2, 0.25) is 0 Å². The number of likely N-dealkylation sites (tertiary alicyclic amines) is 1. The van der Waals surface area contributed by atoms with Crippen LogP contribution in [-0.4, -0.2) is 51.3 Å². The van der Waals surface area contributed by atoms with E-state index in [2.05, 4.69) is 28.3 Å².